The maximum absolute atomic E-state index is 12.3. The van der Waals surface area contributed by atoms with Crippen LogP contribution in [0.2, 0.25) is 5.15 Å². The van der Waals surface area contributed by atoms with Gasteiger partial charge in [0.25, 0.3) is 5.56 Å². The molecule has 2 aromatic rings. The Labute approximate surface area is 164 Å². The number of fused-ring (bicyclic) bond motifs is 1. The lowest BCUT2D eigenvalue weighted by atomic mass is 10.1. The highest BCUT2D eigenvalue weighted by Gasteiger charge is 2.24. The van der Waals surface area contributed by atoms with Gasteiger partial charge < -0.3 is 14.6 Å². The molecule has 2 aliphatic rings. The summed E-state index contributed by atoms with van der Waals surface area (Å²) in [6.07, 6.45) is 2.69. The van der Waals surface area contributed by atoms with E-state index in [0.717, 1.165) is 60.5 Å². The molecular weight excluding hydrogens is 394 g/mol. The molecule has 0 unspecified atom stereocenters. The Bertz CT molecular complexity index is 850. The van der Waals surface area contributed by atoms with E-state index in [0.29, 0.717) is 23.4 Å². The minimum Gasteiger partial charge on any atom is -0.378 e. The van der Waals surface area contributed by atoms with Crippen molar-refractivity contribution in [2.75, 3.05) is 44.0 Å². The molecule has 2 aromatic heterocycles. The monoisotopic (exact) mass is 413 g/mol. The summed E-state index contributed by atoms with van der Waals surface area (Å²) in [7, 11) is 0. The number of ether oxygens (including phenoxy) is 1. The van der Waals surface area contributed by atoms with Gasteiger partial charge in [-0.1, -0.05) is 34.7 Å². The van der Waals surface area contributed by atoms with E-state index in [1.165, 1.54) is 11.8 Å². The van der Waals surface area contributed by atoms with Gasteiger partial charge in [0.2, 0.25) is 0 Å². The first kappa shape index (κ1) is 18.2. The molecule has 4 heterocycles. The number of nitrogens with zero attached hydrogens (tertiary/aromatic N) is 4. The fourth-order valence-corrected chi connectivity index (χ4v) is 4.95. The number of thioether (sulfide) groups is 1. The number of H-pyrrole nitrogens is 1. The number of morpholine rings is 1. The number of anilines is 1. The normalized spacial score (nSPS) is 18.2. The molecule has 0 aromatic carbocycles. The van der Waals surface area contributed by atoms with Gasteiger partial charge in [0, 0.05) is 39.1 Å². The molecule has 7 nitrogen and oxygen atoms in total. The highest BCUT2D eigenvalue weighted by Crippen LogP contribution is 2.32. The van der Waals surface area contributed by atoms with Crippen molar-refractivity contribution in [2.45, 2.75) is 24.7 Å². The van der Waals surface area contributed by atoms with Crippen LogP contribution in [-0.2, 0) is 24.2 Å². The SMILES string of the molecule is CSc1nc2c(c(=O)[nH]1)CN(Cc1sc(N3CCOCC3)nc1Cl)CC2. The predicted octanol–water partition coefficient (Wildman–Crippen LogP) is 2.00. The van der Waals surface area contributed by atoms with Crippen LogP contribution >= 0.6 is 34.7 Å². The summed E-state index contributed by atoms with van der Waals surface area (Å²) < 4.78 is 5.39. The first-order valence-corrected chi connectivity index (χ1v) is 10.9. The quantitative estimate of drug-likeness (QED) is 0.606. The average molecular weight is 414 g/mol. The van der Waals surface area contributed by atoms with Crippen LogP contribution in [0.25, 0.3) is 0 Å². The molecule has 0 aliphatic carbocycles. The molecule has 1 N–H and O–H groups in total. The maximum atomic E-state index is 12.3. The Morgan fingerprint density at radius 1 is 1.31 bits per heavy atom. The van der Waals surface area contributed by atoms with E-state index in [4.69, 9.17) is 16.3 Å². The summed E-state index contributed by atoms with van der Waals surface area (Å²) in [4.78, 5) is 29.7. The minimum absolute atomic E-state index is 0.0338. The van der Waals surface area contributed by atoms with Crippen molar-refractivity contribution >= 4 is 39.8 Å². The van der Waals surface area contributed by atoms with Gasteiger partial charge >= 0.3 is 0 Å². The fourth-order valence-electron chi connectivity index (χ4n) is 3.20. The number of thiazole rings is 1. The average Bonchev–Trinajstić information content (AvgIpc) is 3.03. The lowest BCUT2D eigenvalue weighted by Gasteiger charge is -2.27. The molecule has 2 aliphatic heterocycles. The third kappa shape index (κ3) is 3.77. The summed E-state index contributed by atoms with van der Waals surface area (Å²) in [5.74, 6) is 0. The van der Waals surface area contributed by atoms with E-state index < -0.39 is 0 Å². The van der Waals surface area contributed by atoms with Crippen molar-refractivity contribution in [2.24, 2.45) is 0 Å². The Morgan fingerprint density at radius 2 is 2.12 bits per heavy atom. The lowest BCUT2D eigenvalue weighted by molar-refractivity contribution is 0.122. The molecule has 0 radical (unpaired) electrons. The Hall–Kier alpha value is -1.13. The molecule has 10 heteroatoms. The van der Waals surface area contributed by atoms with Crippen LogP contribution in [0.3, 0.4) is 0 Å². The van der Waals surface area contributed by atoms with Crippen molar-refractivity contribution < 1.29 is 4.74 Å². The van der Waals surface area contributed by atoms with E-state index in [1.807, 2.05) is 6.26 Å². The summed E-state index contributed by atoms with van der Waals surface area (Å²) in [5, 5.41) is 2.20. The molecule has 4 rings (SSSR count). The number of rotatable bonds is 4. The van der Waals surface area contributed by atoms with Crippen molar-refractivity contribution in [1.29, 1.82) is 0 Å². The van der Waals surface area contributed by atoms with Crippen molar-refractivity contribution in [3.05, 3.63) is 31.6 Å². The molecule has 0 amide bonds. The topological polar surface area (TPSA) is 74.4 Å². The lowest BCUT2D eigenvalue weighted by Crippen LogP contribution is -2.36. The molecule has 0 saturated carbocycles. The van der Waals surface area contributed by atoms with Crippen molar-refractivity contribution in [3.8, 4) is 0 Å². The van der Waals surface area contributed by atoms with Gasteiger partial charge in [-0.3, -0.25) is 9.69 Å². The van der Waals surface area contributed by atoms with Crippen LogP contribution in [-0.4, -0.2) is 59.0 Å². The van der Waals surface area contributed by atoms with Gasteiger partial charge in [0.15, 0.2) is 10.3 Å². The number of aromatic amines is 1. The van der Waals surface area contributed by atoms with E-state index in [2.05, 4.69) is 24.8 Å². The van der Waals surface area contributed by atoms with Gasteiger partial charge in [-0.15, -0.1) is 0 Å². The zero-order chi connectivity index (χ0) is 18.1. The number of aromatic nitrogens is 3. The summed E-state index contributed by atoms with van der Waals surface area (Å²) in [6, 6.07) is 0. The second-order valence-electron chi connectivity index (χ2n) is 6.27. The van der Waals surface area contributed by atoms with Crippen LogP contribution in [0.1, 0.15) is 16.1 Å². The molecule has 0 atom stereocenters. The van der Waals surface area contributed by atoms with Crippen LogP contribution in [0.4, 0.5) is 5.13 Å². The number of nitrogens with one attached hydrogen (secondary N) is 1. The summed E-state index contributed by atoms with van der Waals surface area (Å²) in [6.45, 7) is 5.29. The van der Waals surface area contributed by atoms with Crippen molar-refractivity contribution in [3.63, 3.8) is 0 Å². The Balaban J connectivity index is 1.49. The maximum Gasteiger partial charge on any atom is 0.256 e. The second kappa shape index (κ2) is 7.85. The Kier molecular flexibility index (Phi) is 5.51. The minimum atomic E-state index is -0.0338. The van der Waals surface area contributed by atoms with Gasteiger partial charge in [-0.25, -0.2) is 9.97 Å². The third-order valence-electron chi connectivity index (χ3n) is 4.61. The zero-order valence-corrected chi connectivity index (χ0v) is 16.8. The molecular formula is C16H20ClN5O2S2. The second-order valence-corrected chi connectivity index (χ2v) is 8.49. The summed E-state index contributed by atoms with van der Waals surface area (Å²) in [5.41, 5.74) is 1.65. The third-order valence-corrected chi connectivity index (χ3v) is 6.71. The van der Waals surface area contributed by atoms with E-state index >= 15 is 0 Å². The van der Waals surface area contributed by atoms with Gasteiger partial charge in [-0.2, -0.15) is 0 Å². The van der Waals surface area contributed by atoms with Crippen LogP contribution in [0.15, 0.2) is 9.95 Å². The number of hydrogen-bond acceptors (Lipinski definition) is 8. The van der Waals surface area contributed by atoms with Crippen molar-refractivity contribution in [1.82, 2.24) is 19.9 Å². The van der Waals surface area contributed by atoms with Crippen LogP contribution < -0.4 is 10.5 Å². The highest BCUT2D eigenvalue weighted by atomic mass is 35.5. The first-order valence-electron chi connectivity index (χ1n) is 8.50. The highest BCUT2D eigenvalue weighted by molar-refractivity contribution is 7.98. The molecule has 1 fully saturated rings. The predicted molar refractivity (Wildman–Crippen MR) is 105 cm³/mol. The van der Waals surface area contributed by atoms with Gasteiger partial charge in [-0.05, 0) is 6.26 Å². The molecule has 26 heavy (non-hydrogen) atoms. The van der Waals surface area contributed by atoms with Gasteiger partial charge in [0.05, 0.1) is 29.3 Å². The fraction of sp³-hybridized carbons (Fsp3) is 0.562. The smallest absolute Gasteiger partial charge is 0.256 e. The zero-order valence-electron chi connectivity index (χ0n) is 14.5. The largest absolute Gasteiger partial charge is 0.378 e. The van der Waals surface area contributed by atoms with Gasteiger partial charge in [0.1, 0.15) is 5.15 Å². The summed E-state index contributed by atoms with van der Waals surface area (Å²) >= 11 is 9.48. The Morgan fingerprint density at radius 3 is 2.88 bits per heavy atom. The first-order chi connectivity index (χ1) is 12.6. The number of halogens is 1. The molecule has 0 spiro atoms. The van der Waals surface area contributed by atoms with Crippen LogP contribution in [0.5, 0.6) is 0 Å². The molecule has 1 saturated heterocycles. The molecule has 140 valence electrons. The van der Waals surface area contributed by atoms with E-state index in [-0.39, 0.29) is 5.56 Å². The van der Waals surface area contributed by atoms with E-state index in [1.54, 1.807) is 11.3 Å². The van der Waals surface area contributed by atoms with E-state index in [9.17, 15) is 4.79 Å². The molecule has 0 bridgehead atoms. The number of hydrogen-bond donors (Lipinski definition) is 1. The van der Waals surface area contributed by atoms with Crippen LogP contribution in [0, 0.1) is 0 Å². The standard InChI is InChI=1S/C16H20ClN5O2S2/c1-25-15-18-11-2-3-21(8-10(11)14(23)20-15)9-12-13(17)19-16(26-12)22-4-6-24-7-5-22/h2-9H2,1H3,(H,18,20,23).